The van der Waals surface area contributed by atoms with Crippen LogP contribution in [0.2, 0.25) is 0 Å². The zero-order valence-electron chi connectivity index (χ0n) is 9.60. The zero-order valence-corrected chi connectivity index (χ0v) is 9.60. The highest BCUT2D eigenvalue weighted by molar-refractivity contribution is 5.28. The third-order valence-corrected chi connectivity index (χ3v) is 2.48. The third-order valence-electron chi connectivity index (χ3n) is 2.48. The van der Waals surface area contributed by atoms with E-state index in [9.17, 15) is 0 Å². The molecule has 0 spiro atoms. The van der Waals surface area contributed by atoms with E-state index in [-0.39, 0.29) is 0 Å². The molecule has 0 bridgehead atoms. The minimum atomic E-state index is 0.524. The van der Waals surface area contributed by atoms with Gasteiger partial charge in [-0.2, -0.15) is 0 Å². The van der Waals surface area contributed by atoms with Crippen molar-refractivity contribution in [2.24, 2.45) is 0 Å². The smallest absolute Gasteiger partial charge is 0.130 e. The monoisotopic (exact) mass is 213 g/mol. The quantitative estimate of drug-likeness (QED) is 0.780. The van der Waals surface area contributed by atoms with Crippen LogP contribution >= 0.6 is 0 Å². The first kappa shape index (κ1) is 10.7. The average Bonchev–Trinajstić information content (AvgIpc) is 2.28. The van der Waals surface area contributed by atoms with Gasteiger partial charge in [0.05, 0.1) is 5.69 Å². The van der Waals surface area contributed by atoms with Crippen LogP contribution in [-0.2, 0) is 6.61 Å². The highest BCUT2D eigenvalue weighted by Crippen LogP contribution is 2.14. The number of pyridine rings is 1. The first-order chi connectivity index (χ1) is 7.75. The topological polar surface area (TPSA) is 22.1 Å². The van der Waals surface area contributed by atoms with Crippen molar-refractivity contribution in [2.75, 3.05) is 0 Å². The molecule has 2 nitrogen and oxygen atoms in total. The molecule has 0 aliphatic heterocycles. The number of rotatable bonds is 3. The second kappa shape index (κ2) is 4.79. The number of hydrogen-bond acceptors (Lipinski definition) is 2. The summed E-state index contributed by atoms with van der Waals surface area (Å²) in [7, 11) is 0. The fourth-order valence-electron chi connectivity index (χ4n) is 1.53. The van der Waals surface area contributed by atoms with Crippen LogP contribution in [0.3, 0.4) is 0 Å². The highest BCUT2D eigenvalue weighted by atomic mass is 16.5. The molecule has 0 aliphatic rings. The Morgan fingerprint density at radius 2 is 2.00 bits per heavy atom. The van der Waals surface area contributed by atoms with Gasteiger partial charge in [0.15, 0.2) is 0 Å². The minimum Gasteiger partial charge on any atom is -0.487 e. The van der Waals surface area contributed by atoms with Crippen molar-refractivity contribution in [3.8, 4) is 5.75 Å². The summed E-state index contributed by atoms with van der Waals surface area (Å²) in [5, 5.41) is 0. The van der Waals surface area contributed by atoms with E-state index in [1.807, 2.05) is 37.3 Å². The van der Waals surface area contributed by atoms with E-state index in [4.69, 9.17) is 4.74 Å². The van der Waals surface area contributed by atoms with Crippen molar-refractivity contribution >= 4 is 0 Å². The highest BCUT2D eigenvalue weighted by Gasteiger charge is 2.00. The summed E-state index contributed by atoms with van der Waals surface area (Å²) in [5.41, 5.74) is 3.36. The molecule has 0 atom stereocenters. The van der Waals surface area contributed by atoms with Gasteiger partial charge in [-0.1, -0.05) is 18.2 Å². The maximum absolute atomic E-state index is 5.69. The summed E-state index contributed by atoms with van der Waals surface area (Å²) < 4.78 is 5.69. The largest absolute Gasteiger partial charge is 0.487 e. The average molecular weight is 213 g/mol. The van der Waals surface area contributed by atoms with Crippen LogP contribution in [0.1, 0.15) is 16.8 Å². The molecular formula is C14H15NO. The molecule has 2 rings (SSSR count). The lowest BCUT2D eigenvalue weighted by Gasteiger charge is -2.07. The van der Waals surface area contributed by atoms with Crippen molar-refractivity contribution in [3.05, 3.63) is 59.4 Å². The lowest BCUT2D eigenvalue weighted by atomic mass is 10.2. The van der Waals surface area contributed by atoms with E-state index in [0.29, 0.717) is 6.61 Å². The van der Waals surface area contributed by atoms with Gasteiger partial charge in [-0.25, -0.2) is 0 Å². The van der Waals surface area contributed by atoms with E-state index in [1.54, 1.807) is 6.20 Å². The van der Waals surface area contributed by atoms with Crippen molar-refractivity contribution in [1.82, 2.24) is 4.98 Å². The number of benzene rings is 1. The molecule has 0 N–H and O–H groups in total. The molecule has 0 fully saturated rings. The second-order valence-electron chi connectivity index (χ2n) is 3.87. The van der Waals surface area contributed by atoms with E-state index < -0.39 is 0 Å². The summed E-state index contributed by atoms with van der Waals surface area (Å²) in [4.78, 5) is 4.29. The molecule has 0 radical (unpaired) electrons. The Morgan fingerprint density at radius 1 is 1.12 bits per heavy atom. The Hall–Kier alpha value is -1.83. The van der Waals surface area contributed by atoms with Crippen molar-refractivity contribution in [2.45, 2.75) is 20.5 Å². The van der Waals surface area contributed by atoms with E-state index >= 15 is 0 Å². The fourth-order valence-corrected chi connectivity index (χ4v) is 1.53. The van der Waals surface area contributed by atoms with Crippen molar-refractivity contribution < 1.29 is 4.74 Å². The molecule has 1 aromatic heterocycles. The number of aryl methyl sites for hydroxylation is 2. The van der Waals surface area contributed by atoms with Gasteiger partial charge in [0.25, 0.3) is 0 Å². The zero-order chi connectivity index (χ0) is 11.4. The minimum absolute atomic E-state index is 0.524. The Labute approximate surface area is 95.9 Å². The van der Waals surface area contributed by atoms with Gasteiger partial charge in [-0.3, -0.25) is 4.98 Å². The van der Waals surface area contributed by atoms with E-state index in [2.05, 4.69) is 18.0 Å². The molecule has 0 aliphatic carbocycles. The van der Waals surface area contributed by atoms with Gasteiger partial charge in [-0.05, 0) is 43.2 Å². The summed E-state index contributed by atoms with van der Waals surface area (Å²) in [5.74, 6) is 0.894. The van der Waals surface area contributed by atoms with Gasteiger partial charge in [0.1, 0.15) is 12.4 Å². The summed E-state index contributed by atoms with van der Waals surface area (Å²) in [6.07, 6.45) is 1.79. The van der Waals surface area contributed by atoms with Gasteiger partial charge >= 0.3 is 0 Å². The summed E-state index contributed by atoms with van der Waals surface area (Å²) in [6, 6.07) is 12.0. The molecular weight excluding hydrogens is 198 g/mol. The summed E-state index contributed by atoms with van der Waals surface area (Å²) in [6.45, 7) is 4.62. The molecule has 2 aromatic rings. The lowest BCUT2D eigenvalue weighted by molar-refractivity contribution is 0.300. The fraction of sp³-hybridized carbons (Fsp3) is 0.214. The van der Waals surface area contributed by atoms with Crippen LogP contribution < -0.4 is 4.74 Å². The van der Waals surface area contributed by atoms with E-state index in [0.717, 1.165) is 17.0 Å². The Morgan fingerprint density at radius 3 is 2.75 bits per heavy atom. The van der Waals surface area contributed by atoms with Crippen LogP contribution in [-0.4, -0.2) is 4.98 Å². The molecule has 16 heavy (non-hydrogen) atoms. The molecule has 0 saturated carbocycles. The van der Waals surface area contributed by atoms with E-state index in [1.165, 1.54) is 5.56 Å². The van der Waals surface area contributed by atoms with Gasteiger partial charge in [0.2, 0.25) is 0 Å². The number of aromatic nitrogens is 1. The lowest BCUT2D eigenvalue weighted by Crippen LogP contribution is -2.00. The van der Waals surface area contributed by atoms with Crippen LogP contribution in [0.4, 0.5) is 0 Å². The Balaban J connectivity index is 2.05. The number of hydrogen-bond donors (Lipinski definition) is 0. The second-order valence-corrected chi connectivity index (χ2v) is 3.87. The molecule has 0 amide bonds. The predicted octanol–water partition coefficient (Wildman–Crippen LogP) is 3.28. The number of ether oxygens (including phenoxy) is 1. The van der Waals surface area contributed by atoms with Crippen LogP contribution in [0.15, 0.2) is 42.6 Å². The van der Waals surface area contributed by atoms with Crippen molar-refractivity contribution in [1.29, 1.82) is 0 Å². The maximum Gasteiger partial charge on any atom is 0.130 e. The number of nitrogens with zero attached hydrogens (tertiary/aromatic N) is 1. The van der Waals surface area contributed by atoms with Crippen LogP contribution in [0, 0.1) is 13.8 Å². The molecule has 82 valence electrons. The van der Waals surface area contributed by atoms with Gasteiger partial charge < -0.3 is 4.74 Å². The molecule has 1 aromatic carbocycles. The van der Waals surface area contributed by atoms with Gasteiger partial charge in [-0.15, -0.1) is 0 Å². The maximum atomic E-state index is 5.69. The SMILES string of the molecule is Cc1cccc(OCc2ncccc2C)c1. The van der Waals surface area contributed by atoms with Crippen LogP contribution in [0.25, 0.3) is 0 Å². The van der Waals surface area contributed by atoms with Crippen LogP contribution in [0.5, 0.6) is 5.75 Å². The van der Waals surface area contributed by atoms with Gasteiger partial charge in [0, 0.05) is 6.20 Å². The molecule has 0 unspecified atom stereocenters. The normalized spacial score (nSPS) is 10.1. The molecule has 1 heterocycles. The van der Waals surface area contributed by atoms with Crippen molar-refractivity contribution in [3.63, 3.8) is 0 Å². The standard InChI is InChI=1S/C14H15NO/c1-11-5-3-7-13(9-11)16-10-14-12(2)6-4-8-15-14/h3-9H,10H2,1-2H3. The summed E-state index contributed by atoms with van der Waals surface area (Å²) >= 11 is 0. The third kappa shape index (κ3) is 2.60. The predicted molar refractivity (Wildman–Crippen MR) is 64.5 cm³/mol. The Bertz CT molecular complexity index is 480. The Kier molecular flexibility index (Phi) is 3.20. The molecule has 2 heteroatoms. The first-order valence-electron chi connectivity index (χ1n) is 5.35. The molecule has 0 saturated heterocycles. The first-order valence-corrected chi connectivity index (χ1v) is 5.35.